The average Bonchev–Trinajstić information content (AvgIpc) is 3.09. The van der Waals surface area contributed by atoms with E-state index in [4.69, 9.17) is 0 Å². The van der Waals surface area contributed by atoms with Crippen molar-refractivity contribution in [2.45, 2.75) is 6.04 Å². The Balaban J connectivity index is 1.94. The lowest BCUT2D eigenvalue weighted by atomic mass is 9.94. The molecule has 0 saturated carbocycles. The second-order valence-corrected chi connectivity index (χ2v) is 8.37. The molecule has 1 heterocycles. The van der Waals surface area contributed by atoms with Crippen molar-refractivity contribution in [1.29, 1.82) is 0 Å². The molecule has 9 heteroatoms. The van der Waals surface area contributed by atoms with Gasteiger partial charge in [0.1, 0.15) is 5.76 Å². The maximum atomic E-state index is 13.1. The van der Waals surface area contributed by atoms with Crippen molar-refractivity contribution in [1.82, 2.24) is 0 Å². The molecule has 1 saturated heterocycles. The maximum absolute atomic E-state index is 13.1. The maximum Gasteiger partial charge on any atom is 0.335 e. The van der Waals surface area contributed by atoms with Gasteiger partial charge in [-0.05, 0) is 48.0 Å². The SMILES string of the molecule is O=C1C(=O)N(c2cccc(C(=O)O)c2)C(c2ccc(C(=O)O)cc2)C1=C(O)c1ccc(Br)cc1. The highest BCUT2D eigenvalue weighted by Crippen LogP contribution is 2.42. The third-order valence-corrected chi connectivity index (χ3v) is 5.94. The number of hydrogen-bond donors (Lipinski definition) is 3. The van der Waals surface area contributed by atoms with Crippen molar-refractivity contribution in [2.75, 3.05) is 4.90 Å². The Labute approximate surface area is 201 Å². The number of carbonyl (C=O) groups excluding carboxylic acids is 2. The molecule has 3 aromatic carbocycles. The number of amides is 1. The molecule has 0 spiro atoms. The Kier molecular flexibility index (Phi) is 6.04. The largest absolute Gasteiger partial charge is 0.507 e. The number of rotatable bonds is 5. The van der Waals surface area contributed by atoms with Crippen molar-refractivity contribution in [3.05, 3.63) is 105 Å². The lowest BCUT2D eigenvalue weighted by Gasteiger charge is -2.25. The summed E-state index contributed by atoms with van der Waals surface area (Å²) in [6, 6.07) is 16.4. The van der Waals surface area contributed by atoms with E-state index in [-0.39, 0.29) is 22.4 Å². The summed E-state index contributed by atoms with van der Waals surface area (Å²) < 4.78 is 0.746. The van der Waals surface area contributed by atoms with Crippen LogP contribution in [0, 0.1) is 0 Å². The van der Waals surface area contributed by atoms with Gasteiger partial charge in [-0.1, -0.05) is 46.3 Å². The summed E-state index contributed by atoms with van der Waals surface area (Å²) in [5.41, 5.74) is 0.519. The summed E-state index contributed by atoms with van der Waals surface area (Å²) in [5, 5.41) is 29.6. The van der Waals surface area contributed by atoms with Crippen molar-refractivity contribution in [2.24, 2.45) is 0 Å². The van der Waals surface area contributed by atoms with E-state index in [1.165, 1.54) is 48.5 Å². The number of carboxylic acids is 2. The number of benzene rings is 3. The highest BCUT2D eigenvalue weighted by atomic mass is 79.9. The van der Waals surface area contributed by atoms with Gasteiger partial charge in [0.25, 0.3) is 11.7 Å². The number of carboxylic acid groups (broad SMARTS) is 2. The van der Waals surface area contributed by atoms with Gasteiger partial charge >= 0.3 is 11.9 Å². The second kappa shape index (κ2) is 8.95. The first-order valence-electron chi connectivity index (χ1n) is 9.92. The number of ketones is 1. The number of anilines is 1. The van der Waals surface area contributed by atoms with Gasteiger partial charge in [-0.3, -0.25) is 14.5 Å². The standard InChI is InChI=1S/C25H16BrNO7/c26-17-10-8-14(9-11-17)21(28)19-20(13-4-6-15(7-5-13)24(31)32)27(23(30)22(19)29)18-3-1-2-16(12-18)25(33)34/h1-12,20,28H,(H,31,32)(H,33,34). The molecular weight excluding hydrogens is 506 g/mol. The van der Waals surface area contributed by atoms with Crippen molar-refractivity contribution in [3.8, 4) is 0 Å². The zero-order chi connectivity index (χ0) is 24.6. The Morgan fingerprint density at radius 3 is 1.94 bits per heavy atom. The number of carbonyl (C=O) groups is 4. The number of aliphatic hydroxyl groups is 1. The summed E-state index contributed by atoms with van der Waals surface area (Å²) in [7, 11) is 0. The number of Topliss-reactive ketones (excluding diaryl/α,β-unsaturated/α-hetero) is 1. The normalized spacial score (nSPS) is 17.1. The summed E-state index contributed by atoms with van der Waals surface area (Å²) >= 11 is 3.30. The molecule has 170 valence electrons. The third-order valence-electron chi connectivity index (χ3n) is 5.41. The Hall–Kier alpha value is -4.24. The zero-order valence-corrected chi connectivity index (χ0v) is 18.9. The third kappa shape index (κ3) is 4.08. The van der Waals surface area contributed by atoms with Crippen LogP contribution in [0.1, 0.15) is 37.9 Å². The molecule has 3 aromatic rings. The molecule has 3 N–H and O–H groups in total. The van der Waals surface area contributed by atoms with E-state index in [1.54, 1.807) is 24.3 Å². The highest BCUT2D eigenvalue weighted by molar-refractivity contribution is 9.10. The molecular formula is C25H16BrNO7. The van der Waals surface area contributed by atoms with Gasteiger partial charge in [0, 0.05) is 15.7 Å². The number of halogens is 1. The van der Waals surface area contributed by atoms with E-state index in [0.29, 0.717) is 11.1 Å². The fraction of sp³-hybridized carbons (Fsp3) is 0.0400. The van der Waals surface area contributed by atoms with Gasteiger partial charge in [-0.15, -0.1) is 0 Å². The summed E-state index contributed by atoms with van der Waals surface area (Å²) in [6.45, 7) is 0. The minimum Gasteiger partial charge on any atom is -0.507 e. The minimum atomic E-state index is -1.21. The molecule has 1 amide bonds. The molecule has 1 aliphatic rings. The van der Waals surface area contributed by atoms with Gasteiger partial charge in [0.05, 0.1) is 22.7 Å². The van der Waals surface area contributed by atoms with Gasteiger partial charge < -0.3 is 15.3 Å². The number of aromatic carboxylic acids is 2. The second-order valence-electron chi connectivity index (χ2n) is 7.46. The van der Waals surface area contributed by atoms with E-state index in [0.717, 1.165) is 9.37 Å². The fourth-order valence-electron chi connectivity index (χ4n) is 3.77. The Bertz CT molecular complexity index is 1360. The highest BCUT2D eigenvalue weighted by Gasteiger charge is 2.47. The van der Waals surface area contributed by atoms with E-state index in [2.05, 4.69) is 15.9 Å². The quantitative estimate of drug-likeness (QED) is 0.256. The Morgan fingerprint density at radius 2 is 1.35 bits per heavy atom. The van der Waals surface area contributed by atoms with Crippen LogP contribution in [0.15, 0.2) is 82.8 Å². The van der Waals surface area contributed by atoms with Crippen molar-refractivity contribution >= 4 is 51.0 Å². The molecule has 0 radical (unpaired) electrons. The predicted molar refractivity (Wildman–Crippen MR) is 126 cm³/mol. The molecule has 0 aliphatic carbocycles. The van der Waals surface area contributed by atoms with Crippen LogP contribution >= 0.6 is 15.9 Å². The predicted octanol–water partition coefficient (Wildman–Crippen LogP) is 4.47. The first kappa shape index (κ1) is 22.9. The van der Waals surface area contributed by atoms with Crippen molar-refractivity contribution < 1.29 is 34.5 Å². The lowest BCUT2D eigenvalue weighted by Crippen LogP contribution is -2.29. The van der Waals surface area contributed by atoms with Crippen LogP contribution in [0.2, 0.25) is 0 Å². The average molecular weight is 522 g/mol. The minimum absolute atomic E-state index is 0.00138. The fourth-order valence-corrected chi connectivity index (χ4v) is 4.04. The van der Waals surface area contributed by atoms with E-state index in [1.807, 2.05) is 0 Å². The number of aliphatic hydroxyl groups excluding tert-OH is 1. The molecule has 0 aromatic heterocycles. The summed E-state index contributed by atoms with van der Waals surface area (Å²) in [4.78, 5) is 50.1. The monoisotopic (exact) mass is 521 g/mol. The molecule has 34 heavy (non-hydrogen) atoms. The van der Waals surface area contributed by atoms with E-state index < -0.39 is 35.4 Å². The van der Waals surface area contributed by atoms with Crippen LogP contribution < -0.4 is 4.90 Å². The van der Waals surface area contributed by atoms with E-state index >= 15 is 0 Å². The van der Waals surface area contributed by atoms with Crippen LogP contribution in [-0.2, 0) is 9.59 Å². The molecule has 8 nitrogen and oxygen atoms in total. The van der Waals surface area contributed by atoms with Gasteiger partial charge in [-0.2, -0.15) is 0 Å². The van der Waals surface area contributed by atoms with Crippen LogP contribution in [0.25, 0.3) is 5.76 Å². The van der Waals surface area contributed by atoms with Crippen LogP contribution in [0.3, 0.4) is 0 Å². The molecule has 0 bridgehead atoms. The van der Waals surface area contributed by atoms with Gasteiger partial charge in [0.2, 0.25) is 0 Å². The lowest BCUT2D eigenvalue weighted by molar-refractivity contribution is -0.132. The molecule has 1 atom stereocenters. The van der Waals surface area contributed by atoms with Crippen molar-refractivity contribution in [3.63, 3.8) is 0 Å². The van der Waals surface area contributed by atoms with Gasteiger partial charge in [0.15, 0.2) is 0 Å². The smallest absolute Gasteiger partial charge is 0.335 e. The number of nitrogens with zero attached hydrogens (tertiary/aromatic N) is 1. The first-order chi connectivity index (χ1) is 16.2. The topological polar surface area (TPSA) is 132 Å². The molecule has 1 aliphatic heterocycles. The van der Waals surface area contributed by atoms with Crippen LogP contribution in [-0.4, -0.2) is 38.9 Å². The molecule has 4 rings (SSSR count). The van der Waals surface area contributed by atoms with Gasteiger partial charge in [-0.25, -0.2) is 9.59 Å². The van der Waals surface area contributed by atoms with Crippen LogP contribution in [0.4, 0.5) is 5.69 Å². The van der Waals surface area contributed by atoms with E-state index in [9.17, 15) is 34.5 Å². The number of hydrogen-bond acceptors (Lipinski definition) is 5. The summed E-state index contributed by atoms with van der Waals surface area (Å²) in [5.74, 6) is -4.67. The molecule has 1 fully saturated rings. The summed E-state index contributed by atoms with van der Waals surface area (Å²) in [6.07, 6.45) is 0. The molecule has 1 unspecified atom stereocenters. The zero-order valence-electron chi connectivity index (χ0n) is 17.3. The Morgan fingerprint density at radius 1 is 0.765 bits per heavy atom. The first-order valence-corrected chi connectivity index (χ1v) is 10.7. The van der Waals surface area contributed by atoms with Crippen LogP contribution in [0.5, 0.6) is 0 Å².